The molecule has 0 heterocycles. The molecule has 0 amide bonds. The Kier molecular flexibility index (Phi) is 4.45. The van der Waals surface area contributed by atoms with Crippen molar-refractivity contribution >= 4 is 17.3 Å². The predicted octanol–water partition coefficient (Wildman–Crippen LogP) is 1.61. The van der Waals surface area contributed by atoms with Gasteiger partial charge in [0, 0.05) is 6.04 Å². The molecule has 0 spiro atoms. The highest BCUT2D eigenvalue weighted by Gasteiger charge is 2.17. The van der Waals surface area contributed by atoms with Gasteiger partial charge in [-0.1, -0.05) is 0 Å². The highest BCUT2D eigenvalue weighted by atomic mass is 32.1. The van der Waals surface area contributed by atoms with E-state index in [4.69, 9.17) is 12.2 Å². The number of halogens is 1. The molecule has 0 aliphatic rings. The fraction of sp³-hybridized carbons (Fsp3) is 0.875. The van der Waals surface area contributed by atoms with Crippen LogP contribution < -0.4 is 10.6 Å². The Bertz CT molecular complexity index is 157. The Morgan fingerprint density at radius 1 is 1.50 bits per heavy atom. The van der Waals surface area contributed by atoms with Gasteiger partial charge < -0.3 is 10.6 Å². The average molecular weight is 192 g/mol. The minimum Gasteiger partial charge on any atom is -0.361 e. The highest BCUT2D eigenvalue weighted by Crippen LogP contribution is 2.01. The van der Waals surface area contributed by atoms with Gasteiger partial charge in [0.1, 0.15) is 6.67 Å². The summed E-state index contributed by atoms with van der Waals surface area (Å²) in [4.78, 5) is 0. The summed E-state index contributed by atoms with van der Waals surface area (Å²) in [6.07, 6.45) is 0. The Hall–Kier alpha value is -0.380. The molecule has 0 fully saturated rings. The number of nitrogens with one attached hydrogen (secondary N) is 2. The smallest absolute Gasteiger partial charge is 0.166 e. The number of hydrogen-bond donors (Lipinski definition) is 2. The molecule has 2 nitrogen and oxygen atoms in total. The molecule has 0 unspecified atom stereocenters. The third-order valence-electron chi connectivity index (χ3n) is 1.21. The molecular weight excluding hydrogens is 175 g/mol. The van der Waals surface area contributed by atoms with Crippen LogP contribution in [0.15, 0.2) is 0 Å². The lowest BCUT2D eigenvalue weighted by molar-refractivity contribution is 0.322. The van der Waals surface area contributed by atoms with E-state index in [1.807, 2.05) is 13.8 Å². The molecule has 0 saturated heterocycles. The van der Waals surface area contributed by atoms with Gasteiger partial charge in [-0.15, -0.1) is 0 Å². The van der Waals surface area contributed by atoms with E-state index in [0.29, 0.717) is 5.11 Å². The van der Waals surface area contributed by atoms with E-state index < -0.39 is 12.2 Å². The highest BCUT2D eigenvalue weighted by molar-refractivity contribution is 7.80. The van der Waals surface area contributed by atoms with E-state index in [1.54, 1.807) is 13.8 Å². The van der Waals surface area contributed by atoms with Gasteiger partial charge in [-0.3, -0.25) is 0 Å². The summed E-state index contributed by atoms with van der Waals surface area (Å²) in [7, 11) is 0. The van der Waals surface area contributed by atoms with Crippen LogP contribution in [0.5, 0.6) is 0 Å². The number of rotatable bonds is 3. The lowest BCUT2D eigenvalue weighted by Crippen LogP contribution is -2.51. The summed E-state index contributed by atoms with van der Waals surface area (Å²) < 4.78 is 12.3. The van der Waals surface area contributed by atoms with Crippen molar-refractivity contribution in [1.29, 1.82) is 0 Å². The van der Waals surface area contributed by atoms with E-state index in [9.17, 15) is 4.39 Å². The molecule has 0 saturated carbocycles. The second kappa shape index (κ2) is 4.60. The third kappa shape index (κ3) is 5.29. The van der Waals surface area contributed by atoms with Gasteiger partial charge in [-0.05, 0) is 39.9 Å². The van der Waals surface area contributed by atoms with Crippen LogP contribution >= 0.6 is 12.2 Å². The average Bonchev–Trinajstić information content (AvgIpc) is 1.84. The van der Waals surface area contributed by atoms with E-state index in [1.165, 1.54) is 0 Å². The zero-order valence-corrected chi connectivity index (χ0v) is 8.89. The Balaban J connectivity index is 3.84. The quantitative estimate of drug-likeness (QED) is 0.664. The molecule has 0 rings (SSSR count). The van der Waals surface area contributed by atoms with Crippen LogP contribution in [0, 0.1) is 0 Å². The van der Waals surface area contributed by atoms with Crippen molar-refractivity contribution in [3.05, 3.63) is 0 Å². The van der Waals surface area contributed by atoms with Crippen LogP contribution in [0.2, 0.25) is 0 Å². The number of thiocarbonyl (C=S) groups is 1. The normalized spacial score (nSPS) is 11.5. The second-order valence-electron chi connectivity index (χ2n) is 3.77. The zero-order valence-electron chi connectivity index (χ0n) is 8.07. The Labute approximate surface area is 78.9 Å². The monoisotopic (exact) mass is 192 g/mol. The van der Waals surface area contributed by atoms with E-state index >= 15 is 0 Å². The van der Waals surface area contributed by atoms with Crippen LogP contribution in [0.4, 0.5) is 4.39 Å². The molecule has 0 aliphatic carbocycles. The predicted molar refractivity (Wildman–Crippen MR) is 54.1 cm³/mol. The molecular formula is C8H17FN2S. The van der Waals surface area contributed by atoms with Crippen LogP contribution in [0.25, 0.3) is 0 Å². The first-order valence-electron chi connectivity index (χ1n) is 4.02. The van der Waals surface area contributed by atoms with Crippen molar-refractivity contribution in [3.8, 4) is 0 Å². The van der Waals surface area contributed by atoms with Gasteiger partial charge in [0.15, 0.2) is 5.11 Å². The summed E-state index contributed by atoms with van der Waals surface area (Å²) in [6.45, 7) is 7.06. The van der Waals surface area contributed by atoms with Crippen LogP contribution in [0.3, 0.4) is 0 Å². The lowest BCUT2D eigenvalue weighted by Gasteiger charge is -2.25. The molecule has 0 aliphatic heterocycles. The van der Waals surface area contributed by atoms with Crippen molar-refractivity contribution < 1.29 is 4.39 Å². The third-order valence-corrected chi connectivity index (χ3v) is 1.43. The lowest BCUT2D eigenvalue weighted by atomic mass is 10.1. The van der Waals surface area contributed by atoms with E-state index in [0.717, 1.165) is 0 Å². The topological polar surface area (TPSA) is 24.1 Å². The van der Waals surface area contributed by atoms with E-state index in [2.05, 4.69) is 10.6 Å². The molecule has 72 valence electrons. The van der Waals surface area contributed by atoms with Crippen molar-refractivity contribution in [2.45, 2.75) is 39.3 Å². The SMILES string of the molecule is CC(C)NC(=S)NC(C)(C)CF. The van der Waals surface area contributed by atoms with Crippen LogP contribution in [-0.4, -0.2) is 23.4 Å². The van der Waals surface area contributed by atoms with Gasteiger partial charge in [-0.25, -0.2) is 4.39 Å². The Morgan fingerprint density at radius 2 is 2.00 bits per heavy atom. The van der Waals surface area contributed by atoms with Crippen molar-refractivity contribution in [2.24, 2.45) is 0 Å². The summed E-state index contributed by atoms with van der Waals surface area (Å²) in [5.74, 6) is 0. The molecule has 0 atom stereocenters. The molecule has 2 N–H and O–H groups in total. The zero-order chi connectivity index (χ0) is 9.78. The maximum absolute atomic E-state index is 12.3. The first kappa shape index (κ1) is 11.6. The van der Waals surface area contributed by atoms with Crippen molar-refractivity contribution in [1.82, 2.24) is 10.6 Å². The van der Waals surface area contributed by atoms with E-state index in [-0.39, 0.29) is 6.04 Å². The van der Waals surface area contributed by atoms with Crippen molar-refractivity contribution in [2.75, 3.05) is 6.67 Å². The maximum Gasteiger partial charge on any atom is 0.166 e. The van der Waals surface area contributed by atoms with Gasteiger partial charge in [0.05, 0.1) is 5.54 Å². The fourth-order valence-electron chi connectivity index (χ4n) is 0.639. The first-order chi connectivity index (χ1) is 5.37. The minimum atomic E-state index is -0.570. The van der Waals surface area contributed by atoms with Gasteiger partial charge >= 0.3 is 0 Å². The molecule has 0 radical (unpaired) electrons. The molecule has 0 aromatic rings. The molecule has 4 heteroatoms. The number of alkyl halides is 1. The van der Waals surface area contributed by atoms with Gasteiger partial charge in [0.2, 0.25) is 0 Å². The van der Waals surface area contributed by atoms with Crippen LogP contribution in [0.1, 0.15) is 27.7 Å². The molecule has 0 aromatic heterocycles. The Morgan fingerprint density at radius 3 is 2.33 bits per heavy atom. The summed E-state index contributed by atoms with van der Waals surface area (Å²) >= 11 is 4.96. The standard InChI is InChI=1S/C8H17FN2S/c1-6(2)10-7(12)11-8(3,4)5-9/h6H,5H2,1-4H3,(H2,10,11,12). The summed E-state index contributed by atoms with van der Waals surface area (Å²) in [5, 5.41) is 6.38. The minimum absolute atomic E-state index is 0.278. The van der Waals surface area contributed by atoms with Gasteiger partial charge in [0.25, 0.3) is 0 Å². The summed E-state index contributed by atoms with van der Waals surface area (Å²) in [6, 6.07) is 0.278. The first-order valence-corrected chi connectivity index (χ1v) is 4.43. The van der Waals surface area contributed by atoms with Crippen LogP contribution in [-0.2, 0) is 0 Å². The number of hydrogen-bond acceptors (Lipinski definition) is 1. The summed E-state index contributed by atoms with van der Waals surface area (Å²) in [5.41, 5.74) is -0.570. The molecule has 0 aromatic carbocycles. The maximum atomic E-state index is 12.3. The van der Waals surface area contributed by atoms with Gasteiger partial charge in [-0.2, -0.15) is 0 Å². The fourth-order valence-corrected chi connectivity index (χ4v) is 1.15. The molecule has 12 heavy (non-hydrogen) atoms. The second-order valence-corrected chi connectivity index (χ2v) is 4.18. The molecule has 0 bridgehead atoms. The largest absolute Gasteiger partial charge is 0.361 e. The van der Waals surface area contributed by atoms with Crippen molar-refractivity contribution in [3.63, 3.8) is 0 Å².